The average molecular weight is 367 g/mol. The number of carbonyl (C=O) groups is 1. The number of piperazine rings is 1. The van der Waals surface area contributed by atoms with E-state index in [9.17, 15) is 4.79 Å². The van der Waals surface area contributed by atoms with Crippen molar-refractivity contribution in [2.75, 3.05) is 50.8 Å². The van der Waals surface area contributed by atoms with Crippen LogP contribution in [0.2, 0.25) is 0 Å². The smallest absolute Gasteiger partial charge is 0.257 e. The molecule has 1 saturated heterocycles. The summed E-state index contributed by atoms with van der Waals surface area (Å²) in [6, 6.07) is 16.5. The Labute approximate surface area is 161 Å². The van der Waals surface area contributed by atoms with Crippen molar-refractivity contribution in [3.63, 3.8) is 0 Å². The predicted molar refractivity (Wildman–Crippen MR) is 110 cm³/mol. The van der Waals surface area contributed by atoms with Crippen LogP contribution in [0.4, 0.5) is 5.69 Å². The number of nitrogens with zero attached hydrogens (tertiary/aromatic N) is 2. The van der Waals surface area contributed by atoms with Crippen molar-refractivity contribution in [3.05, 3.63) is 59.7 Å². The third-order valence-corrected chi connectivity index (χ3v) is 5.00. The average Bonchev–Trinajstić information content (AvgIpc) is 2.69. The molecule has 0 saturated carbocycles. The number of benzene rings is 2. The molecule has 0 aliphatic carbocycles. The Kier molecular flexibility index (Phi) is 6.71. The summed E-state index contributed by atoms with van der Waals surface area (Å²) in [5, 5.41) is 2.96. The van der Waals surface area contributed by atoms with E-state index in [2.05, 4.69) is 39.4 Å². The third kappa shape index (κ3) is 5.47. The van der Waals surface area contributed by atoms with Crippen molar-refractivity contribution in [2.45, 2.75) is 13.8 Å². The van der Waals surface area contributed by atoms with Crippen LogP contribution in [0, 0.1) is 13.8 Å². The molecule has 0 spiro atoms. The van der Waals surface area contributed by atoms with Gasteiger partial charge in [-0.2, -0.15) is 0 Å². The van der Waals surface area contributed by atoms with Gasteiger partial charge in [-0.1, -0.05) is 36.4 Å². The highest BCUT2D eigenvalue weighted by molar-refractivity contribution is 5.77. The summed E-state index contributed by atoms with van der Waals surface area (Å²) in [5.74, 6) is 0.741. The summed E-state index contributed by atoms with van der Waals surface area (Å²) in [7, 11) is 0. The first-order valence-electron chi connectivity index (χ1n) is 9.61. The van der Waals surface area contributed by atoms with E-state index in [4.69, 9.17) is 4.74 Å². The van der Waals surface area contributed by atoms with Gasteiger partial charge in [-0.25, -0.2) is 0 Å². The molecule has 0 unspecified atom stereocenters. The van der Waals surface area contributed by atoms with Crippen LogP contribution in [0.15, 0.2) is 48.5 Å². The van der Waals surface area contributed by atoms with Crippen molar-refractivity contribution in [2.24, 2.45) is 0 Å². The van der Waals surface area contributed by atoms with Crippen LogP contribution in [-0.2, 0) is 4.79 Å². The molecule has 1 heterocycles. The van der Waals surface area contributed by atoms with Crippen LogP contribution in [-0.4, -0.2) is 56.7 Å². The minimum Gasteiger partial charge on any atom is -0.483 e. The number of hydrogen-bond donors (Lipinski definition) is 1. The molecule has 0 bridgehead atoms. The van der Waals surface area contributed by atoms with Crippen LogP contribution in [0.1, 0.15) is 11.1 Å². The Morgan fingerprint density at radius 1 is 0.963 bits per heavy atom. The number of nitrogens with one attached hydrogen (secondary N) is 1. The lowest BCUT2D eigenvalue weighted by molar-refractivity contribution is -0.123. The number of hydrogen-bond acceptors (Lipinski definition) is 4. The van der Waals surface area contributed by atoms with Crippen LogP contribution in [0.5, 0.6) is 5.75 Å². The highest BCUT2D eigenvalue weighted by Crippen LogP contribution is 2.22. The molecular formula is C22H29N3O2. The first kappa shape index (κ1) is 19.2. The number of ether oxygens (including phenoxy) is 1. The van der Waals surface area contributed by atoms with Gasteiger partial charge in [-0.3, -0.25) is 9.69 Å². The van der Waals surface area contributed by atoms with Gasteiger partial charge in [0.05, 0.1) is 0 Å². The fourth-order valence-corrected chi connectivity index (χ4v) is 3.44. The molecule has 1 aliphatic heterocycles. The predicted octanol–water partition coefficient (Wildman–Crippen LogP) is 2.62. The first-order chi connectivity index (χ1) is 13.1. The summed E-state index contributed by atoms with van der Waals surface area (Å²) < 4.78 is 5.70. The SMILES string of the molecule is Cc1cccc(C)c1OCC(=O)NCCN1CCN(c2ccccc2)CC1. The van der Waals surface area contributed by atoms with Gasteiger partial charge in [-0.15, -0.1) is 0 Å². The topological polar surface area (TPSA) is 44.8 Å². The number of carbonyl (C=O) groups excluding carboxylic acids is 1. The first-order valence-corrected chi connectivity index (χ1v) is 9.61. The van der Waals surface area contributed by atoms with Crippen molar-refractivity contribution < 1.29 is 9.53 Å². The van der Waals surface area contributed by atoms with Crippen molar-refractivity contribution >= 4 is 11.6 Å². The van der Waals surface area contributed by atoms with Gasteiger partial charge in [-0.05, 0) is 37.1 Å². The fraction of sp³-hybridized carbons (Fsp3) is 0.409. The Balaban J connectivity index is 1.34. The lowest BCUT2D eigenvalue weighted by atomic mass is 10.1. The standard InChI is InChI=1S/C22H29N3O2/c1-18-7-6-8-19(2)22(18)27-17-21(26)23-11-12-24-13-15-25(16-14-24)20-9-4-3-5-10-20/h3-10H,11-17H2,1-2H3,(H,23,26). The molecule has 1 fully saturated rings. The zero-order chi connectivity index (χ0) is 19.1. The molecule has 3 rings (SSSR count). The van der Waals surface area contributed by atoms with E-state index < -0.39 is 0 Å². The lowest BCUT2D eigenvalue weighted by Crippen LogP contribution is -2.48. The second-order valence-corrected chi connectivity index (χ2v) is 7.02. The quantitative estimate of drug-likeness (QED) is 0.817. The van der Waals surface area contributed by atoms with E-state index in [1.54, 1.807) is 0 Å². The van der Waals surface area contributed by atoms with E-state index in [-0.39, 0.29) is 12.5 Å². The molecule has 0 atom stereocenters. The fourth-order valence-electron chi connectivity index (χ4n) is 3.44. The van der Waals surface area contributed by atoms with Crippen molar-refractivity contribution in [1.29, 1.82) is 0 Å². The molecule has 1 N–H and O–H groups in total. The molecular weight excluding hydrogens is 338 g/mol. The van der Waals surface area contributed by atoms with Crippen LogP contribution in [0.3, 0.4) is 0 Å². The van der Waals surface area contributed by atoms with E-state index >= 15 is 0 Å². The largest absolute Gasteiger partial charge is 0.483 e. The lowest BCUT2D eigenvalue weighted by Gasteiger charge is -2.36. The molecule has 0 aromatic heterocycles. The maximum atomic E-state index is 12.1. The Bertz CT molecular complexity index is 720. The third-order valence-electron chi connectivity index (χ3n) is 5.00. The van der Waals surface area contributed by atoms with Gasteiger partial charge >= 0.3 is 0 Å². The molecule has 144 valence electrons. The Morgan fingerprint density at radius 3 is 2.30 bits per heavy atom. The number of anilines is 1. The maximum absolute atomic E-state index is 12.1. The van der Waals surface area contributed by atoms with Gasteiger partial charge < -0.3 is 15.0 Å². The number of para-hydroxylation sites is 2. The van der Waals surface area contributed by atoms with Gasteiger partial charge in [0.2, 0.25) is 0 Å². The highest BCUT2D eigenvalue weighted by Gasteiger charge is 2.16. The molecule has 5 nitrogen and oxygen atoms in total. The van der Waals surface area contributed by atoms with Gasteiger partial charge in [0.15, 0.2) is 6.61 Å². The summed E-state index contributed by atoms with van der Waals surface area (Å²) in [6.07, 6.45) is 0. The Morgan fingerprint density at radius 2 is 1.63 bits per heavy atom. The minimum atomic E-state index is -0.0689. The van der Waals surface area contributed by atoms with Crippen LogP contribution < -0.4 is 15.0 Å². The zero-order valence-electron chi connectivity index (χ0n) is 16.3. The molecule has 2 aromatic carbocycles. The molecule has 1 aliphatic rings. The second-order valence-electron chi connectivity index (χ2n) is 7.02. The highest BCUT2D eigenvalue weighted by atomic mass is 16.5. The summed E-state index contributed by atoms with van der Waals surface area (Å²) >= 11 is 0. The molecule has 0 radical (unpaired) electrons. The summed E-state index contributed by atoms with van der Waals surface area (Å²) in [6.45, 7) is 9.66. The zero-order valence-corrected chi connectivity index (χ0v) is 16.3. The van der Waals surface area contributed by atoms with E-state index in [1.807, 2.05) is 38.1 Å². The summed E-state index contributed by atoms with van der Waals surface area (Å²) in [5.41, 5.74) is 3.40. The summed E-state index contributed by atoms with van der Waals surface area (Å²) in [4.78, 5) is 16.9. The van der Waals surface area contributed by atoms with Crippen LogP contribution in [0.25, 0.3) is 0 Å². The number of rotatable bonds is 7. The van der Waals surface area contributed by atoms with Crippen molar-refractivity contribution in [1.82, 2.24) is 10.2 Å². The Hall–Kier alpha value is -2.53. The maximum Gasteiger partial charge on any atom is 0.257 e. The van der Waals surface area contributed by atoms with Gasteiger partial charge in [0, 0.05) is 45.0 Å². The van der Waals surface area contributed by atoms with E-state index in [0.29, 0.717) is 6.54 Å². The second kappa shape index (κ2) is 9.42. The number of amides is 1. The minimum absolute atomic E-state index is 0.0630. The molecule has 2 aromatic rings. The number of aryl methyl sites for hydroxylation is 2. The molecule has 1 amide bonds. The normalized spacial score (nSPS) is 14.8. The van der Waals surface area contributed by atoms with E-state index in [1.165, 1.54) is 5.69 Å². The van der Waals surface area contributed by atoms with Gasteiger partial charge in [0.25, 0.3) is 5.91 Å². The van der Waals surface area contributed by atoms with Crippen molar-refractivity contribution in [3.8, 4) is 5.75 Å². The van der Waals surface area contributed by atoms with Crippen LogP contribution >= 0.6 is 0 Å². The van der Waals surface area contributed by atoms with E-state index in [0.717, 1.165) is 49.6 Å². The molecule has 27 heavy (non-hydrogen) atoms. The van der Waals surface area contributed by atoms with Gasteiger partial charge in [0.1, 0.15) is 5.75 Å². The monoisotopic (exact) mass is 367 g/mol. The molecule has 5 heteroatoms.